The Labute approximate surface area is 126 Å². The number of amides is 1. The van der Waals surface area contributed by atoms with E-state index in [1.54, 1.807) is 0 Å². The van der Waals surface area contributed by atoms with Crippen LogP contribution in [0, 0.1) is 0 Å². The van der Waals surface area contributed by atoms with Gasteiger partial charge in [-0.1, -0.05) is 19.9 Å². The van der Waals surface area contributed by atoms with Crippen LogP contribution in [-0.4, -0.2) is 23.1 Å². The molecule has 21 heavy (non-hydrogen) atoms. The fourth-order valence-corrected chi connectivity index (χ4v) is 2.34. The average molecular weight is 287 g/mol. The van der Waals surface area contributed by atoms with Crippen LogP contribution in [0.1, 0.15) is 32.8 Å². The summed E-state index contributed by atoms with van der Waals surface area (Å²) < 4.78 is 2.00. The average Bonchev–Trinajstić information content (AvgIpc) is 2.87. The number of hydrogen-bond donors (Lipinski definition) is 2. The first-order chi connectivity index (χ1) is 10.1. The van der Waals surface area contributed by atoms with Gasteiger partial charge >= 0.3 is 0 Å². The van der Waals surface area contributed by atoms with Crippen molar-refractivity contribution in [2.24, 2.45) is 0 Å². The second-order valence-electron chi connectivity index (χ2n) is 5.49. The van der Waals surface area contributed by atoms with Gasteiger partial charge in [0.2, 0.25) is 5.91 Å². The van der Waals surface area contributed by atoms with Gasteiger partial charge in [-0.3, -0.25) is 4.79 Å². The van der Waals surface area contributed by atoms with Crippen LogP contribution in [0.25, 0.3) is 10.9 Å². The zero-order valence-electron chi connectivity index (χ0n) is 13.1. The molecule has 1 unspecified atom stereocenters. The third-order valence-corrected chi connectivity index (χ3v) is 3.75. The molecule has 1 amide bonds. The van der Waals surface area contributed by atoms with Gasteiger partial charge in [0.25, 0.3) is 0 Å². The SMILES string of the molecule is CCNCc1ccc2c(ccn2CC(=O)NC(C)CC)c1. The highest BCUT2D eigenvalue weighted by molar-refractivity contribution is 5.83. The van der Waals surface area contributed by atoms with Crippen LogP contribution < -0.4 is 10.6 Å². The minimum absolute atomic E-state index is 0.0681. The maximum Gasteiger partial charge on any atom is 0.240 e. The van der Waals surface area contributed by atoms with Crippen molar-refractivity contribution in [1.29, 1.82) is 0 Å². The molecule has 0 aliphatic rings. The first-order valence-electron chi connectivity index (χ1n) is 7.71. The van der Waals surface area contributed by atoms with Crippen molar-refractivity contribution in [2.45, 2.75) is 46.3 Å². The van der Waals surface area contributed by atoms with Crippen LogP contribution >= 0.6 is 0 Å². The maximum absolute atomic E-state index is 12.0. The Morgan fingerprint density at radius 1 is 1.29 bits per heavy atom. The monoisotopic (exact) mass is 287 g/mol. The van der Waals surface area contributed by atoms with Gasteiger partial charge in [-0.25, -0.2) is 0 Å². The van der Waals surface area contributed by atoms with Gasteiger partial charge in [0.1, 0.15) is 6.54 Å². The van der Waals surface area contributed by atoms with Crippen molar-refractivity contribution < 1.29 is 4.79 Å². The lowest BCUT2D eigenvalue weighted by atomic mass is 10.1. The zero-order chi connectivity index (χ0) is 15.2. The Kier molecular flexibility index (Phi) is 5.39. The Morgan fingerprint density at radius 2 is 2.10 bits per heavy atom. The first kappa shape index (κ1) is 15.6. The third kappa shape index (κ3) is 4.08. The molecule has 4 heteroatoms. The second kappa shape index (κ2) is 7.27. The van der Waals surface area contributed by atoms with Crippen molar-refractivity contribution in [1.82, 2.24) is 15.2 Å². The van der Waals surface area contributed by atoms with Gasteiger partial charge in [0.05, 0.1) is 0 Å². The highest BCUT2D eigenvalue weighted by Crippen LogP contribution is 2.17. The van der Waals surface area contributed by atoms with Crippen LogP contribution in [0.2, 0.25) is 0 Å². The molecular formula is C17H25N3O. The van der Waals surface area contributed by atoms with E-state index in [4.69, 9.17) is 0 Å². The van der Waals surface area contributed by atoms with Gasteiger partial charge in [-0.2, -0.15) is 0 Å². The topological polar surface area (TPSA) is 46.1 Å². The molecule has 1 heterocycles. The number of rotatable bonds is 7. The molecule has 0 saturated carbocycles. The quantitative estimate of drug-likeness (QED) is 0.822. The van der Waals surface area contributed by atoms with Gasteiger partial charge < -0.3 is 15.2 Å². The Hall–Kier alpha value is -1.81. The smallest absolute Gasteiger partial charge is 0.240 e. The molecule has 0 fully saturated rings. The van der Waals surface area contributed by atoms with Crippen molar-refractivity contribution in [3.05, 3.63) is 36.0 Å². The van der Waals surface area contributed by atoms with E-state index < -0.39 is 0 Å². The molecule has 1 atom stereocenters. The Balaban J connectivity index is 2.09. The van der Waals surface area contributed by atoms with E-state index in [0.29, 0.717) is 6.54 Å². The largest absolute Gasteiger partial charge is 0.352 e. The van der Waals surface area contributed by atoms with Crippen molar-refractivity contribution in [2.75, 3.05) is 6.54 Å². The summed E-state index contributed by atoms with van der Waals surface area (Å²) in [7, 11) is 0. The van der Waals surface area contributed by atoms with E-state index in [-0.39, 0.29) is 11.9 Å². The lowest BCUT2D eigenvalue weighted by Gasteiger charge is -2.12. The number of fused-ring (bicyclic) bond motifs is 1. The summed E-state index contributed by atoms with van der Waals surface area (Å²) in [5.41, 5.74) is 2.38. The first-order valence-corrected chi connectivity index (χ1v) is 7.71. The van der Waals surface area contributed by atoms with E-state index in [0.717, 1.165) is 25.0 Å². The number of benzene rings is 1. The molecule has 0 bridgehead atoms. The minimum atomic E-state index is 0.0681. The molecule has 4 nitrogen and oxygen atoms in total. The van der Waals surface area contributed by atoms with E-state index in [1.807, 2.05) is 17.7 Å². The summed E-state index contributed by atoms with van der Waals surface area (Å²) in [5, 5.41) is 7.51. The summed E-state index contributed by atoms with van der Waals surface area (Å²) in [6.45, 7) is 8.42. The van der Waals surface area contributed by atoms with Crippen molar-refractivity contribution >= 4 is 16.8 Å². The second-order valence-corrected chi connectivity index (χ2v) is 5.49. The van der Waals surface area contributed by atoms with Gasteiger partial charge in [-0.15, -0.1) is 0 Å². The minimum Gasteiger partial charge on any atom is -0.352 e. The highest BCUT2D eigenvalue weighted by Gasteiger charge is 2.08. The summed E-state index contributed by atoms with van der Waals surface area (Å²) in [4.78, 5) is 12.0. The predicted octanol–water partition coefficient (Wildman–Crippen LogP) is 2.67. The summed E-state index contributed by atoms with van der Waals surface area (Å²) in [6, 6.07) is 8.70. The van der Waals surface area contributed by atoms with Crippen LogP contribution in [0.15, 0.2) is 30.5 Å². The Morgan fingerprint density at radius 3 is 2.81 bits per heavy atom. The number of aromatic nitrogens is 1. The van der Waals surface area contributed by atoms with E-state index in [9.17, 15) is 4.79 Å². The number of hydrogen-bond acceptors (Lipinski definition) is 2. The van der Waals surface area contributed by atoms with Crippen molar-refractivity contribution in [3.63, 3.8) is 0 Å². The molecule has 0 aliphatic heterocycles. The standard InChI is InChI=1S/C17H25N3O/c1-4-13(3)19-17(21)12-20-9-8-15-10-14(11-18-5-2)6-7-16(15)20/h6-10,13,18H,4-5,11-12H2,1-3H3,(H,19,21). The molecule has 1 aromatic carbocycles. The predicted molar refractivity (Wildman–Crippen MR) is 87.2 cm³/mol. The van der Waals surface area contributed by atoms with Crippen LogP contribution in [0.4, 0.5) is 0 Å². The number of nitrogens with zero attached hydrogens (tertiary/aromatic N) is 1. The van der Waals surface area contributed by atoms with E-state index in [2.05, 4.69) is 48.7 Å². The third-order valence-electron chi connectivity index (χ3n) is 3.75. The molecule has 0 radical (unpaired) electrons. The van der Waals surface area contributed by atoms with Crippen LogP contribution in [-0.2, 0) is 17.9 Å². The normalized spacial score (nSPS) is 12.5. The van der Waals surface area contributed by atoms with Gasteiger partial charge in [0.15, 0.2) is 0 Å². The van der Waals surface area contributed by atoms with E-state index in [1.165, 1.54) is 10.9 Å². The molecule has 114 valence electrons. The highest BCUT2D eigenvalue weighted by atomic mass is 16.2. The summed E-state index contributed by atoms with van der Waals surface area (Å²) >= 11 is 0. The van der Waals surface area contributed by atoms with Crippen molar-refractivity contribution in [3.8, 4) is 0 Å². The number of nitrogens with one attached hydrogen (secondary N) is 2. The van der Waals surface area contributed by atoms with Gasteiger partial charge in [0, 0.05) is 24.3 Å². The maximum atomic E-state index is 12.0. The Bertz CT molecular complexity index is 603. The van der Waals surface area contributed by atoms with Crippen LogP contribution in [0.3, 0.4) is 0 Å². The summed E-state index contributed by atoms with van der Waals surface area (Å²) in [5.74, 6) is 0.0681. The molecule has 0 saturated heterocycles. The van der Waals surface area contributed by atoms with Gasteiger partial charge in [-0.05, 0) is 49.0 Å². The molecule has 2 rings (SSSR count). The lowest BCUT2D eigenvalue weighted by Crippen LogP contribution is -2.34. The molecular weight excluding hydrogens is 262 g/mol. The fourth-order valence-electron chi connectivity index (χ4n) is 2.34. The number of carbonyl (C=O) groups is 1. The van der Waals surface area contributed by atoms with E-state index >= 15 is 0 Å². The molecule has 1 aromatic heterocycles. The molecule has 0 aliphatic carbocycles. The molecule has 2 aromatic rings. The van der Waals surface area contributed by atoms with Crippen LogP contribution in [0.5, 0.6) is 0 Å². The zero-order valence-corrected chi connectivity index (χ0v) is 13.1. The summed E-state index contributed by atoms with van der Waals surface area (Å²) in [6.07, 6.45) is 2.93. The molecule has 0 spiro atoms. The number of carbonyl (C=O) groups excluding carboxylic acids is 1. The fraction of sp³-hybridized carbons (Fsp3) is 0.471. The lowest BCUT2D eigenvalue weighted by molar-refractivity contribution is -0.122. The molecule has 2 N–H and O–H groups in total.